The number of phenolic OH excluding ortho intramolecular Hbond substituents is 1. The van der Waals surface area contributed by atoms with Gasteiger partial charge in [0.1, 0.15) is 5.75 Å². The third kappa shape index (κ3) is 6.52. The van der Waals surface area contributed by atoms with Crippen LogP contribution in [0.5, 0.6) is 5.75 Å². The summed E-state index contributed by atoms with van der Waals surface area (Å²) in [7, 11) is 0. The molecular formula is C32H40N2O4S. The summed E-state index contributed by atoms with van der Waals surface area (Å²) >= 11 is 1.66. The number of benzene rings is 2. The van der Waals surface area contributed by atoms with Crippen LogP contribution in [0.25, 0.3) is 11.3 Å². The zero-order valence-electron chi connectivity index (χ0n) is 24.1. The lowest BCUT2D eigenvalue weighted by Crippen LogP contribution is -2.41. The van der Waals surface area contributed by atoms with Crippen molar-refractivity contribution in [2.75, 3.05) is 13.1 Å². The number of carbonyl (C=O) groups excluding carboxylic acids is 2. The van der Waals surface area contributed by atoms with Crippen LogP contribution < -0.4 is 0 Å². The molecule has 1 aliphatic heterocycles. The standard InChI is InChI=1S/C32H40N2O4S/c1-20(35)38-28(21-11-9-8-10-12-21)30(37)34-15-13-22(14-16-34)29-33-26(19-39-29)23-17-24(31(2,3)4)27(36)25(18-23)32(5,6)7/h8-12,17-19,22,28,36H,13-16H2,1-7H3. The first-order chi connectivity index (χ1) is 18.3. The Bertz CT molecular complexity index is 1290. The van der Waals surface area contributed by atoms with E-state index in [2.05, 4.69) is 59.1 Å². The lowest BCUT2D eigenvalue weighted by molar-refractivity contribution is -0.159. The summed E-state index contributed by atoms with van der Waals surface area (Å²) in [5, 5.41) is 14.3. The molecule has 0 bridgehead atoms. The molecule has 7 heteroatoms. The van der Waals surface area contributed by atoms with Gasteiger partial charge in [-0.2, -0.15) is 0 Å². The molecule has 1 saturated heterocycles. The minimum Gasteiger partial charge on any atom is -0.507 e. The molecule has 1 aliphatic rings. The van der Waals surface area contributed by atoms with Crippen LogP contribution in [0.3, 0.4) is 0 Å². The predicted octanol–water partition coefficient (Wildman–Crippen LogP) is 7.12. The average Bonchev–Trinajstić information content (AvgIpc) is 3.36. The monoisotopic (exact) mass is 548 g/mol. The molecule has 1 aromatic heterocycles. The van der Waals surface area contributed by atoms with Crippen LogP contribution in [-0.2, 0) is 25.2 Å². The maximum atomic E-state index is 13.3. The number of likely N-dealkylation sites (tertiary alicyclic amines) is 1. The van der Waals surface area contributed by atoms with Gasteiger partial charge in [-0.1, -0.05) is 71.9 Å². The summed E-state index contributed by atoms with van der Waals surface area (Å²) in [5.41, 5.74) is 4.05. The van der Waals surface area contributed by atoms with Gasteiger partial charge < -0.3 is 14.7 Å². The van der Waals surface area contributed by atoms with E-state index in [1.54, 1.807) is 16.2 Å². The highest BCUT2D eigenvalue weighted by Gasteiger charge is 2.33. The number of rotatable bonds is 5. The molecule has 0 saturated carbocycles. The Morgan fingerprint density at radius 3 is 2.08 bits per heavy atom. The Kier molecular flexibility index (Phi) is 8.22. The van der Waals surface area contributed by atoms with E-state index >= 15 is 0 Å². The Labute approximate surface area is 236 Å². The second-order valence-electron chi connectivity index (χ2n) is 12.5. The van der Waals surface area contributed by atoms with Crippen LogP contribution in [0.15, 0.2) is 47.8 Å². The number of hydrogen-bond donors (Lipinski definition) is 1. The highest BCUT2D eigenvalue weighted by molar-refractivity contribution is 7.10. The van der Waals surface area contributed by atoms with Crippen molar-refractivity contribution in [3.05, 3.63) is 69.5 Å². The molecule has 2 aromatic carbocycles. The van der Waals surface area contributed by atoms with Gasteiger partial charge in [-0.3, -0.25) is 9.59 Å². The van der Waals surface area contributed by atoms with Crippen LogP contribution in [0.2, 0.25) is 0 Å². The Morgan fingerprint density at radius 1 is 1.00 bits per heavy atom. The second kappa shape index (κ2) is 11.1. The summed E-state index contributed by atoms with van der Waals surface area (Å²) in [6, 6.07) is 13.3. The fourth-order valence-corrected chi connectivity index (χ4v) is 6.10. The van der Waals surface area contributed by atoms with Crippen LogP contribution in [0.1, 0.15) is 95.0 Å². The number of nitrogens with zero attached hydrogens (tertiary/aromatic N) is 2. The number of phenols is 1. The van der Waals surface area contributed by atoms with Gasteiger partial charge in [0.05, 0.1) is 10.7 Å². The minimum absolute atomic E-state index is 0.178. The number of thiazole rings is 1. The molecule has 1 amide bonds. The fraction of sp³-hybridized carbons (Fsp3) is 0.469. The largest absolute Gasteiger partial charge is 0.507 e. The number of hydrogen-bond acceptors (Lipinski definition) is 6. The van der Waals surface area contributed by atoms with Crippen molar-refractivity contribution < 1.29 is 19.4 Å². The zero-order valence-corrected chi connectivity index (χ0v) is 24.9. The maximum absolute atomic E-state index is 13.3. The summed E-state index contributed by atoms with van der Waals surface area (Å²) in [4.78, 5) is 31.9. The summed E-state index contributed by atoms with van der Waals surface area (Å²) in [6.07, 6.45) is 0.683. The Hall–Kier alpha value is -3.19. The molecule has 1 fully saturated rings. The zero-order chi connectivity index (χ0) is 28.5. The lowest BCUT2D eigenvalue weighted by Gasteiger charge is -2.33. The Balaban J connectivity index is 1.52. The van der Waals surface area contributed by atoms with E-state index in [4.69, 9.17) is 9.72 Å². The van der Waals surface area contributed by atoms with E-state index in [0.29, 0.717) is 24.4 Å². The second-order valence-corrected chi connectivity index (χ2v) is 13.4. The molecule has 0 radical (unpaired) electrons. The maximum Gasteiger partial charge on any atom is 0.303 e. The highest BCUT2D eigenvalue weighted by atomic mass is 32.1. The minimum atomic E-state index is -0.921. The molecule has 0 aliphatic carbocycles. The first-order valence-electron chi connectivity index (χ1n) is 13.6. The molecule has 6 nitrogen and oxygen atoms in total. The van der Waals surface area contributed by atoms with Crippen LogP contribution in [-0.4, -0.2) is 40.0 Å². The number of aromatic nitrogens is 1. The molecule has 1 N–H and O–H groups in total. The molecule has 1 atom stereocenters. The van der Waals surface area contributed by atoms with Crippen molar-refractivity contribution in [3.8, 4) is 17.0 Å². The molecule has 2 heterocycles. The van der Waals surface area contributed by atoms with Gasteiger partial charge in [0.15, 0.2) is 0 Å². The third-order valence-corrected chi connectivity index (χ3v) is 8.32. The van der Waals surface area contributed by atoms with Gasteiger partial charge in [0.25, 0.3) is 5.91 Å². The van der Waals surface area contributed by atoms with Gasteiger partial charge in [0, 0.05) is 53.6 Å². The van der Waals surface area contributed by atoms with Crippen molar-refractivity contribution >= 4 is 23.2 Å². The number of ether oxygens (including phenoxy) is 1. The fourth-order valence-electron chi connectivity index (χ4n) is 5.10. The molecule has 1 unspecified atom stereocenters. The number of aromatic hydroxyl groups is 1. The molecule has 4 rings (SSSR count). The third-order valence-electron chi connectivity index (χ3n) is 7.31. The highest BCUT2D eigenvalue weighted by Crippen LogP contribution is 2.43. The van der Waals surface area contributed by atoms with E-state index in [1.807, 2.05) is 30.3 Å². The predicted molar refractivity (Wildman–Crippen MR) is 156 cm³/mol. The topological polar surface area (TPSA) is 79.7 Å². The van der Waals surface area contributed by atoms with Crippen molar-refractivity contribution in [1.29, 1.82) is 0 Å². The molecule has 3 aromatic rings. The normalized spacial score (nSPS) is 15.7. The molecule has 208 valence electrons. The van der Waals surface area contributed by atoms with Crippen molar-refractivity contribution in [2.45, 2.75) is 84.2 Å². The quantitative estimate of drug-likeness (QED) is 0.343. The van der Waals surface area contributed by atoms with Gasteiger partial charge >= 0.3 is 5.97 Å². The molecular weight excluding hydrogens is 508 g/mol. The van der Waals surface area contributed by atoms with Crippen molar-refractivity contribution in [2.24, 2.45) is 0 Å². The summed E-state index contributed by atoms with van der Waals surface area (Å²) in [6.45, 7) is 15.2. The molecule has 0 spiro atoms. The smallest absolute Gasteiger partial charge is 0.303 e. The van der Waals surface area contributed by atoms with Crippen molar-refractivity contribution in [3.63, 3.8) is 0 Å². The molecule has 39 heavy (non-hydrogen) atoms. The van der Waals surface area contributed by atoms with E-state index in [0.717, 1.165) is 40.2 Å². The number of piperidine rings is 1. The van der Waals surface area contributed by atoms with Crippen LogP contribution in [0.4, 0.5) is 0 Å². The van der Waals surface area contributed by atoms with Crippen molar-refractivity contribution in [1.82, 2.24) is 9.88 Å². The van der Waals surface area contributed by atoms with E-state index < -0.39 is 12.1 Å². The van der Waals surface area contributed by atoms with E-state index in [1.165, 1.54) is 6.92 Å². The van der Waals surface area contributed by atoms with E-state index in [-0.39, 0.29) is 22.7 Å². The van der Waals surface area contributed by atoms with Gasteiger partial charge in [-0.25, -0.2) is 4.98 Å². The number of carbonyl (C=O) groups is 2. The number of amides is 1. The summed E-state index contributed by atoms with van der Waals surface area (Å²) < 4.78 is 5.43. The van der Waals surface area contributed by atoms with Crippen LogP contribution >= 0.6 is 11.3 Å². The Morgan fingerprint density at radius 2 is 1.56 bits per heavy atom. The first-order valence-corrected chi connectivity index (χ1v) is 14.5. The van der Waals surface area contributed by atoms with Gasteiger partial charge in [0.2, 0.25) is 6.10 Å². The van der Waals surface area contributed by atoms with Crippen LogP contribution in [0, 0.1) is 0 Å². The lowest BCUT2D eigenvalue weighted by atomic mass is 9.78. The average molecular weight is 549 g/mol. The SMILES string of the molecule is CC(=O)OC(C(=O)N1CCC(c2nc(-c3cc(C(C)(C)C)c(O)c(C(C)(C)C)c3)cs2)CC1)c1ccccc1. The number of esters is 1. The summed E-state index contributed by atoms with van der Waals surface area (Å²) in [5.74, 6) is -0.0177. The van der Waals surface area contributed by atoms with Gasteiger partial charge in [-0.05, 0) is 35.8 Å². The van der Waals surface area contributed by atoms with E-state index in [9.17, 15) is 14.7 Å². The first kappa shape index (κ1) is 28.8. The van der Waals surface area contributed by atoms with Gasteiger partial charge in [-0.15, -0.1) is 11.3 Å².